The van der Waals surface area contributed by atoms with Gasteiger partial charge in [0.05, 0.1) is 5.52 Å². The van der Waals surface area contributed by atoms with E-state index in [0.717, 1.165) is 47.4 Å². The molecule has 0 saturated heterocycles. The van der Waals surface area contributed by atoms with Crippen molar-refractivity contribution < 1.29 is 4.74 Å². The molecule has 4 rings (SSSR count). The molecule has 1 N–H and O–H groups in total. The molecule has 0 fully saturated rings. The highest BCUT2D eigenvalue weighted by Gasteiger charge is 2.05. The predicted molar refractivity (Wildman–Crippen MR) is 120 cm³/mol. The average molecular weight is 399 g/mol. The number of benzene rings is 2. The molecule has 0 unspecified atom stereocenters. The van der Waals surface area contributed by atoms with E-state index in [-0.39, 0.29) is 5.56 Å². The molecule has 0 atom stereocenters. The van der Waals surface area contributed by atoms with Gasteiger partial charge in [0.1, 0.15) is 12.4 Å². The number of nitrogens with zero attached hydrogens (tertiary/aromatic N) is 2. The van der Waals surface area contributed by atoms with Crippen LogP contribution in [0.1, 0.15) is 18.2 Å². The van der Waals surface area contributed by atoms with Gasteiger partial charge in [0.2, 0.25) is 0 Å². The van der Waals surface area contributed by atoms with Crippen molar-refractivity contribution in [1.29, 1.82) is 0 Å². The van der Waals surface area contributed by atoms with Crippen molar-refractivity contribution in [1.82, 2.24) is 14.9 Å². The molecule has 0 bridgehead atoms. The smallest absolute Gasteiger partial charge is 0.258 e. The minimum atomic E-state index is -0.130. The van der Waals surface area contributed by atoms with E-state index in [9.17, 15) is 4.79 Å². The third kappa shape index (κ3) is 4.75. The summed E-state index contributed by atoms with van der Waals surface area (Å²) in [6.45, 7) is 4.41. The van der Waals surface area contributed by atoms with Crippen molar-refractivity contribution in [3.05, 3.63) is 101 Å². The largest absolute Gasteiger partial charge is 0.489 e. The number of ether oxygens (including phenoxy) is 1. The second-order valence-corrected chi connectivity index (χ2v) is 7.13. The topological polar surface area (TPSA) is 56.2 Å². The number of likely N-dealkylation sites (N-methyl/N-ethyl adjacent to an activating group) is 1. The summed E-state index contributed by atoms with van der Waals surface area (Å²) in [5, 5.41) is 4.33. The summed E-state index contributed by atoms with van der Waals surface area (Å²) in [5.74, 6) is 0.563. The van der Waals surface area contributed by atoms with Crippen LogP contribution in [0, 0.1) is 0 Å². The van der Waals surface area contributed by atoms with Crippen LogP contribution in [-0.2, 0) is 13.0 Å². The maximum Gasteiger partial charge on any atom is 0.258 e. The van der Waals surface area contributed by atoms with Crippen molar-refractivity contribution in [2.45, 2.75) is 20.0 Å². The molecule has 2 heterocycles. The summed E-state index contributed by atoms with van der Waals surface area (Å²) in [6.07, 6.45) is 2.65. The van der Waals surface area contributed by atoms with Crippen LogP contribution in [-0.4, -0.2) is 22.6 Å². The fraction of sp³-hybridized carbons (Fsp3) is 0.200. The zero-order valence-electron chi connectivity index (χ0n) is 17.0. The summed E-state index contributed by atoms with van der Waals surface area (Å²) in [6, 6.07) is 23.2. The van der Waals surface area contributed by atoms with Crippen molar-refractivity contribution in [3.63, 3.8) is 0 Å². The highest BCUT2D eigenvalue weighted by atomic mass is 16.5. The van der Waals surface area contributed by atoms with E-state index in [1.807, 2.05) is 60.7 Å². The lowest BCUT2D eigenvalue weighted by Crippen LogP contribution is -2.17. The summed E-state index contributed by atoms with van der Waals surface area (Å²) >= 11 is 0. The Morgan fingerprint density at radius 1 is 1.00 bits per heavy atom. The Hall–Kier alpha value is -3.44. The van der Waals surface area contributed by atoms with Gasteiger partial charge in [-0.2, -0.15) is 0 Å². The Morgan fingerprint density at radius 2 is 1.87 bits per heavy atom. The van der Waals surface area contributed by atoms with Crippen LogP contribution in [0.15, 0.2) is 83.8 Å². The molecular formula is C25H25N3O2. The molecule has 0 aliphatic heterocycles. The van der Waals surface area contributed by atoms with Gasteiger partial charge in [-0.15, -0.1) is 0 Å². The zero-order chi connectivity index (χ0) is 20.8. The van der Waals surface area contributed by atoms with Gasteiger partial charge in [-0.3, -0.25) is 14.3 Å². The third-order valence-corrected chi connectivity index (χ3v) is 4.96. The minimum absolute atomic E-state index is 0.130. The van der Waals surface area contributed by atoms with Gasteiger partial charge in [0.15, 0.2) is 0 Å². The van der Waals surface area contributed by atoms with Gasteiger partial charge in [0, 0.05) is 42.0 Å². The van der Waals surface area contributed by atoms with Gasteiger partial charge in [0.25, 0.3) is 5.56 Å². The van der Waals surface area contributed by atoms with Crippen molar-refractivity contribution >= 4 is 10.9 Å². The van der Waals surface area contributed by atoms with E-state index in [2.05, 4.69) is 18.3 Å². The summed E-state index contributed by atoms with van der Waals surface area (Å²) in [5.41, 5.74) is 3.74. The molecule has 5 heteroatoms. The quantitative estimate of drug-likeness (QED) is 0.453. The van der Waals surface area contributed by atoms with E-state index in [1.54, 1.807) is 10.8 Å². The Morgan fingerprint density at radius 3 is 2.67 bits per heavy atom. The summed E-state index contributed by atoms with van der Waals surface area (Å²) in [7, 11) is 0. The first-order chi connectivity index (χ1) is 14.7. The molecular weight excluding hydrogens is 374 g/mol. The lowest BCUT2D eigenvalue weighted by Gasteiger charge is -2.10. The number of nitrogens with one attached hydrogen (secondary N) is 1. The molecule has 0 aliphatic carbocycles. The molecule has 0 spiro atoms. The van der Waals surface area contributed by atoms with Crippen LogP contribution < -0.4 is 15.6 Å². The Kier molecular flexibility index (Phi) is 6.20. The van der Waals surface area contributed by atoms with Crippen molar-refractivity contribution in [2.24, 2.45) is 0 Å². The Bertz CT molecular complexity index is 1190. The van der Waals surface area contributed by atoms with Gasteiger partial charge >= 0.3 is 0 Å². The molecule has 0 radical (unpaired) electrons. The normalized spacial score (nSPS) is 11.0. The Balaban J connectivity index is 1.51. The van der Waals surface area contributed by atoms with Gasteiger partial charge in [-0.25, -0.2) is 0 Å². The highest BCUT2D eigenvalue weighted by Crippen LogP contribution is 2.18. The average Bonchev–Trinajstić information content (AvgIpc) is 2.78. The molecule has 0 amide bonds. The molecule has 2 aromatic heterocycles. The fourth-order valence-corrected chi connectivity index (χ4v) is 3.34. The molecule has 0 aliphatic rings. The summed E-state index contributed by atoms with van der Waals surface area (Å²) < 4.78 is 7.38. The van der Waals surface area contributed by atoms with E-state index in [4.69, 9.17) is 9.72 Å². The van der Waals surface area contributed by atoms with Crippen LogP contribution >= 0.6 is 0 Å². The van der Waals surface area contributed by atoms with Crippen molar-refractivity contribution in [2.75, 3.05) is 13.1 Å². The number of rotatable bonds is 8. The predicted octanol–water partition coefficient (Wildman–Crippen LogP) is 4.12. The van der Waals surface area contributed by atoms with Crippen LogP contribution in [0.3, 0.4) is 0 Å². The number of aromatic nitrogens is 2. The number of fused-ring (bicyclic) bond motifs is 1. The maximum absolute atomic E-state index is 12.6. The van der Waals surface area contributed by atoms with E-state index < -0.39 is 0 Å². The van der Waals surface area contributed by atoms with Gasteiger partial charge < -0.3 is 10.1 Å². The first kappa shape index (κ1) is 19.9. The van der Waals surface area contributed by atoms with Crippen LogP contribution in [0.4, 0.5) is 0 Å². The molecule has 30 heavy (non-hydrogen) atoms. The maximum atomic E-state index is 12.6. The molecule has 2 aromatic carbocycles. The second kappa shape index (κ2) is 9.37. The van der Waals surface area contributed by atoms with Crippen LogP contribution in [0.25, 0.3) is 16.6 Å². The standard InChI is InChI=1S/C25H25N3O2/c1-2-26-14-12-21-9-8-20-16-22(10-11-24(20)27-21)28-15-13-23(17-25(28)29)30-18-19-6-4-3-5-7-19/h3-11,13,15-17,26H,2,12,14,18H2,1H3. The molecule has 0 saturated carbocycles. The van der Waals surface area contributed by atoms with E-state index >= 15 is 0 Å². The van der Waals surface area contributed by atoms with E-state index in [1.165, 1.54) is 6.07 Å². The molecule has 5 nitrogen and oxygen atoms in total. The lowest BCUT2D eigenvalue weighted by molar-refractivity contribution is 0.305. The highest BCUT2D eigenvalue weighted by molar-refractivity contribution is 5.81. The van der Waals surface area contributed by atoms with Crippen LogP contribution in [0.2, 0.25) is 0 Å². The zero-order valence-corrected chi connectivity index (χ0v) is 17.0. The van der Waals surface area contributed by atoms with Crippen LogP contribution in [0.5, 0.6) is 5.75 Å². The summed E-state index contributed by atoms with van der Waals surface area (Å²) in [4.78, 5) is 17.4. The fourth-order valence-electron chi connectivity index (χ4n) is 3.34. The Labute approximate surface area is 176 Å². The molecule has 4 aromatic rings. The number of hydrogen-bond acceptors (Lipinski definition) is 4. The first-order valence-corrected chi connectivity index (χ1v) is 10.2. The van der Waals surface area contributed by atoms with Gasteiger partial charge in [-0.05, 0) is 42.4 Å². The molecule has 152 valence electrons. The first-order valence-electron chi connectivity index (χ1n) is 10.2. The van der Waals surface area contributed by atoms with Crippen molar-refractivity contribution in [3.8, 4) is 11.4 Å². The minimum Gasteiger partial charge on any atom is -0.489 e. The number of pyridine rings is 2. The monoisotopic (exact) mass is 399 g/mol. The number of hydrogen-bond donors (Lipinski definition) is 1. The third-order valence-electron chi connectivity index (χ3n) is 4.96. The SMILES string of the molecule is CCNCCc1ccc2cc(-n3ccc(OCc4ccccc4)cc3=O)ccc2n1. The van der Waals surface area contributed by atoms with E-state index in [0.29, 0.717) is 12.4 Å². The lowest BCUT2D eigenvalue weighted by atomic mass is 10.1. The van der Waals surface area contributed by atoms with Gasteiger partial charge in [-0.1, -0.05) is 43.3 Å². The second-order valence-electron chi connectivity index (χ2n) is 7.13.